The maximum atomic E-state index is 4.23. The average molecular weight is 262 g/mol. The number of hydrogen-bond acceptors (Lipinski definition) is 1. The molecule has 1 aliphatic carbocycles. The lowest BCUT2D eigenvalue weighted by Crippen LogP contribution is -2.16. The first-order valence-corrected chi connectivity index (χ1v) is 8.15. The topological polar surface area (TPSA) is 17.8 Å². The second kappa shape index (κ2) is 7.12. The monoisotopic (exact) mass is 262 g/mol. The zero-order valence-corrected chi connectivity index (χ0v) is 12.8. The molecule has 1 atom stereocenters. The zero-order chi connectivity index (χ0) is 13.6. The van der Waals surface area contributed by atoms with E-state index in [1.807, 2.05) is 12.5 Å². The van der Waals surface area contributed by atoms with Crippen molar-refractivity contribution in [2.24, 2.45) is 5.41 Å². The Balaban J connectivity index is 1.97. The van der Waals surface area contributed by atoms with Crippen LogP contribution >= 0.6 is 0 Å². The van der Waals surface area contributed by atoms with E-state index in [2.05, 4.69) is 29.6 Å². The maximum absolute atomic E-state index is 4.23. The minimum Gasteiger partial charge on any atom is -0.334 e. The van der Waals surface area contributed by atoms with Crippen LogP contribution in [-0.2, 0) is 0 Å². The molecule has 1 saturated carbocycles. The van der Waals surface area contributed by atoms with Crippen LogP contribution in [-0.4, -0.2) is 9.55 Å². The molecule has 108 valence electrons. The van der Waals surface area contributed by atoms with Crippen LogP contribution in [0, 0.1) is 5.41 Å². The Bertz CT molecular complexity index is 340. The van der Waals surface area contributed by atoms with Gasteiger partial charge in [0.1, 0.15) is 0 Å². The van der Waals surface area contributed by atoms with E-state index in [4.69, 9.17) is 0 Å². The lowest BCUT2D eigenvalue weighted by Gasteiger charge is -2.28. The van der Waals surface area contributed by atoms with Crippen LogP contribution in [0.25, 0.3) is 0 Å². The van der Waals surface area contributed by atoms with Crippen molar-refractivity contribution in [3.8, 4) is 0 Å². The second-order valence-corrected chi connectivity index (χ2v) is 7.03. The molecule has 1 fully saturated rings. The lowest BCUT2D eigenvalue weighted by molar-refractivity contribution is 0.252. The predicted octanol–water partition coefficient (Wildman–Crippen LogP) is 5.37. The van der Waals surface area contributed by atoms with Crippen LogP contribution in [0.4, 0.5) is 0 Å². The van der Waals surface area contributed by atoms with Gasteiger partial charge < -0.3 is 4.57 Å². The largest absolute Gasteiger partial charge is 0.334 e. The van der Waals surface area contributed by atoms with Gasteiger partial charge in [-0.2, -0.15) is 0 Å². The summed E-state index contributed by atoms with van der Waals surface area (Å²) in [6.07, 6.45) is 19.9. The van der Waals surface area contributed by atoms with E-state index in [0.717, 1.165) is 0 Å². The first kappa shape index (κ1) is 14.6. The first-order chi connectivity index (χ1) is 9.17. The van der Waals surface area contributed by atoms with E-state index in [-0.39, 0.29) is 0 Å². The van der Waals surface area contributed by atoms with E-state index in [1.54, 1.807) is 0 Å². The molecule has 0 N–H and O–H groups in total. The summed E-state index contributed by atoms with van der Waals surface area (Å²) < 4.78 is 2.34. The zero-order valence-electron chi connectivity index (χ0n) is 12.8. The van der Waals surface area contributed by atoms with E-state index in [9.17, 15) is 0 Å². The van der Waals surface area contributed by atoms with Crippen LogP contribution in [0.5, 0.6) is 0 Å². The fourth-order valence-electron chi connectivity index (χ4n) is 3.30. The molecular formula is C17H30N2. The summed E-state index contributed by atoms with van der Waals surface area (Å²) in [7, 11) is 0. The van der Waals surface area contributed by atoms with Crippen LogP contribution in [0.1, 0.15) is 84.1 Å². The molecule has 0 aliphatic heterocycles. The third kappa shape index (κ3) is 5.00. The number of aromatic nitrogens is 2. The van der Waals surface area contributed by atoms with Crippen LogP contribution in [0.15, 0.2) is 18.7 Å². The lowest BCUT2D eigenvalue weighted by atomic mass is 9.80. The molecule has 0 amide bonds. The smallest absolute Gasteiger partial charge is 0.0948 e. The quantitative estimate of drug-likeness (QED) is 0.665. The highest BCUT2D eigenvalue weighted by atomic mass is 15.0. The van der Waals surface area contributed by atoms with Crippen molar-refractivity contribution in [1.29, 1.82) is 0 Å². The Labute approximate surface area is 118 Å². The molecule has 0 aromatic carbocycles. The van der Waals surface area contributed by atoms with E-state index < -0.39 is 0 Å². The van der Waals surface area contributed by atoms with Gasteiger partial charge >= 0.3 is 0 Å². The van der Waals surface area contributed by atoms with Crippen molar-refractivity contribution in [3.05, 3.63) is 18.7 Å². The molecule has 1 aromatic heterocycles. The second-order valence-electron chi connectivity index (χ2n) is 7.03. The summed E-state index contributed by atoms with van der Waals surface area (Å²) in [6, 6.07) is 0.668. The highest BCUT2D eigenvalue weighted by molar-refractivity contribution is 4.82. The minimum absolute atomic E-state index is 0.512. The van der Waals surface area contributed by atoms with Gasteiger partial charge in [-0.15, -0.1) is 0 Å². The van der Waals surface area contributed by atoms with Crippen molar-refractivity contribution >= 4 is 0 Å². The summed E-state index contributed by atoms with van der Waals surface area (Å²) in [5.74, 6) is 0. The number of imidazole rings is 1. The molecule has 2 heteroatoms. The fourth-order valence-corrected chi connectivity index (χ4v) is 3.30. The summed E-state index contributed by atoms with van der Waals surface area (Å²) in [6.45, 7) is 4.90. The third-order valence-corrected chi connectivity index (χ3v) is 4.74. The molecule has 0 spiro atoms. The molecule has 19 heavy (non-hydrogen) atoms. The molecular weight excluding hydrogens is 232 g/mol. The summed E-state index contributed by atoms with van der Waals surface area (Å²) in [4.78, 5) is 4.23. The van der Waals surface area contributed by atoms with Crippen molar-refractivity contribution in [3.63, 3.8) is 0 Å². The van der Waals surface area contributed by atoms with Gasteiger partial charge in [-0.05, 0) is 31.1 Å². The van der Waals surface area contributed by atoms with Gasteiger partial charge in [0.15, 0.2) is 0 Å². The number of hydrogen-bond donors (Lipinski definition) is 0. The standard InChI is InChI=1S/C17H30N2/c1-17(2)11-8-6-4-3-5-7-9-16(10-12-17)19-14-13-18-15-19/h13-16H,3-12H2,1-2H3. The van der Waals surface area contributed by atoms with Crippen molar-refractivity contribution < 1.29 is 0 Å². The maximum Gasteiger partial charge on any atom is 0.0948 e. The van der Waals surface area contributed by atoms with Crippen molar-refractivity contribution in [2.75, 3.05) is 0 Å². The van der Waals surface area contributed by atoms with Crippen LogP contribution in [0.2, 0.25) is 0 Å². The molecule has 0 bridgehead atoms. The summed E-state index contributed by atoms with van der Waals surface area (Å²) in [5, 5.41) is 0. The van der Waals surface area contributed by atoms with Crippen LogP contribution in [0.3, 0.4) is 0 Å². The average Bonchev–Trinajstić information content (AvgIpc) is 2.88. The first-order valence-electron chi connectivity index (χ1n) is 8.15. The molecule has 2 nitrogen and oxygen atoms in total. The Morgan fingerprint density at radius 3 is 2.42 bits per heavy atom. The van der Waals surface area contributed by atoms with E-state index >= 15 is 0 Å². The van der Waals surface area contributed by atoms with Crippen LogP contribution < -0.4 is 0 Å². The van der Waals surface area contributed by atoms with E-state index in [0.29, 0.717) is 11.5 Å². The van der Waals surface area contributed by atoms with Crippen molar-refractivity contribution in [2.45, 2.75) is 84.1 Å². The van der Waals surface area contributed by atoms with Gasteiger partial charge in [0.25, 0.3) is 0 Å². The predicted molar refractivity (Wildman–Crippen MR) is 81.2 cm³/mol. The van der Waals surface area contributed by atoms with Gasteiger partial charge in [-0.3, -0.25) is 0 Å². The fraction of sp³-hybridized carbons (Fsp3) is 0.824. The van der Waals surface area contributed by atoms with Gasteiger partial charge in [-0.25, -0.2) is 4.98 Å². The highest BCUT2D eigenvalue weighted by Crippen LogP contribution is 2.34. The third-order valence-electron chi connectivity index (χ3n) is 4.74. The van der Waals surface area contributed by atoms with Gasteiger partial charge in [0.2, 0.25) is 0 Å². The number of rotatable bonds is 1. The molecule has 1 aliphatic rings. The molecule has 0 saturated heterocycles. The normalized spacial score (nSPS) is 26.3. The Morgan fingerprint density at radius 2 is 1.68 bits per heavy atom. The van der Waals surface area contributed by atoms with Gasteiger partial charge in [-0.1, -0.05) is 52.4 Å². The molecule has 0 radical (unpaired) electrons. The summed E-state index contributed by atoms with van der Waals surface area (Å²) >= 11 is 0. The van der Waals surface area contributed by atoms with E-state index in [1.165, 1.54) is 64.2 Å². The molecule has 1 heterocycles. The molecule has 2 rings (SSSR count). The molecule has 1 aromatic rings. The SMILES string of the molecule is CC1(C)CCCCCCCCC(n2ccnc2)CC1. The molecule has 1 unspecified atom stereocenters. The Morgan fingerprint density at radius 1 is 0.947 bits per heavy atom. The summed E-state index contributed by atoms with van der Waals surface area (Å²) in [5.41, 5.74) is 0.512. The Kier molecular flexibility index (Phi) is 5.47. The van der Waals surface area contributed by atoms with Gasteiger partial charge in [0, 0.05) is 18.4 Å². The van der Waals surface area contributed by atoms with Gasteiger partial charge in [0.05, 0.1) is 6.33 Å². The number of nitrogens with zero attached hydrogens (tertiary/aromatic N) is 2. The minimum atomic E-state index is 0.512. The van der Waals surface area contributed by atoms with Crippen molar-refractivity contribution in [1.82, 2.24) is 9.55 Å². The highest BCUT2D eigenvalue weighted by Gasteiger charge is 2.21. The Hall–Kier alpha value is -0.790.